The molecule has 0 aliphatic carbocycles. The summed E-state index contributed by atoms with van der Waals surface area (Å²) < 4.78 is 5.85. The lowest BCUT2D eigenvalue weighted by Crippen LogP contribution is -2.43. The molecule has 1 aromatic carbocycles. The molecule has 130 valence electrons. The number of aromatic nitrogens is 1. The lowest BCUT2D eigenvalue weighted by molar-refractivity contribution is 0.517. The first-order valence-corrected chi connectivity index (χ1v) is 8.58. The Morgan fingerprint density at radius 1 is 1.12 bits per heavy atom. The van der Waals surface area contributed by atoms with E-state index >= 15 is 0 Å². The zero-order valence-electron chi connectivity index (χ0n) is 14.2. The fourth-order valence-electron chi connectivity index (χ4n) is 2.71. The van der Waals surface area contributed by atoms with E-state index in [0.717, 1.165) is 23.6 Å². The van der Waals surface area contributed by atoms with Crippen molar-refractivity contribution < 1.29 is 4.42 Å². The van der Waals surface area contributed by atoms with E-state index in [2.05, 4.69) is 33.1 Å². The molecule has 3 N–H and O–H groups in total. The summed E-state index contributed by atoms with van der Waals surface area (Å²) in [6.07, 6.45) is 17.7. The minimum atomic E-state index is -0.0198. The molecule has 1 unspecified atom stereocenters. The van der Waals surface area contributed by atoms with Crippen LogP contribution in [-0.2, 0) is 0 Å². The van der Waals surface area contributed by atoms with Gasteiger partial charge in [-0.05, 0) is 29.9 Å². The average molecular weight is 344 g/mol. The Morgan fingerprint density at radius 3 is 2.88 bits per heavy atom. The van der Waals surface area contributed by atoms with Crippen LogP contribution in [0.1, 0.15) is 17.2 Å². The maximum absolute atomic E-state index is 5.85. The van der Waals surface area contributed by atoms with Gasteiger partial charge in [0.25, 0.3) is 0 Å². The number of rotatable bonds is 5. The molecule has 0 saturated carbocycles. The third kappa shape index (κ3) is 3.95. The van der Waals surface area contributed by atoms with E-state index in [4.69, 9.17) is 4.42 Å². The summed E-state index contributed by atoms with van der Waals surface area (Å²) in [5, 5.41) is 10.1. The maximum atomic E-state index is 5.85. The summed E-state index contributed by atoms with van der Waals surface area (Å²) >= 11 is 0. The molecule has 2 aliphatic heterocycles. The Bertz CT molecular complexity index is 903. The van der Waals surface area contributed by atoms with Crippen molar-refractivity contribution in [1.29, 1.82) is 0 Å². The molecule has 5 heteroatoms. The van der Waals surface area contributed by atoms with E-state index in [1.54, 1.807) is 6.20 Å². The molecule has 0 radical (unpaired) electrons. The highest BCUT2D eigenvalue weighted by Crippen LogP contribution is 2.18. The molecule has 26 heavy (non-hydrogen) atoms. The second-order valence-corrected chi connectivity index (χ2v) is 5.93. The van der Waals surface area contributed by atoms with Crippen LogP contribution in [-0.4, -0.2) is 17.7 Å². The molecule has 0 amide bonds. The molecule has 0 saturated heterocycles. The number of nitrogens with one attached hydrogen (secondary N) is 3. The zero-order valence-corrected chi connectivity index (χ0v) is 14.2. The van der Waals surface area contributed by atoms with Gasteiger partial charge < -0.3 is 20.4 Å². The highest BCUT2D eigenvalue weighted by Gasteiger charge is 2.15. The van der Waals surface area contributed by atoms with Crippen LogP contribution in [0.15, 0.2) is 83.2 Å². The van der Waals surface area contributed by atoms with Crippen molar-refractivity contribution in [2.45, 2.75) is 6.17 Å². The first-order valence-electron chi connectivity index (χ1n) is 8.58. The van der Waals surface area contributed by atoms with Crippen molar-refractivity contribution in [2.75, 3.05) is 6.54 Å². The van der Waals surface area contributed by atoms with Crippen LogP contribution in [0.4, 0.5) is 0 Å². The summed E-state index contributed by atoms with van der Waals surface area (Å²) in [6.45, 7) is 0.831. The molecular formula is C21H20N4O. The van der Waals surface area contributed by atoms with Crippen molar-refractivity contribution >= 4 is 17.8 Å². The zero-order chi connectivity index (χ0) is 17.6. The molecule has 3 heterocycles. The van der Waals surface area contributed by atoms with Gasteiger partial charge in [-0.15, -0.1) is 0 Å². The van der Waals surface area contributed by atoms with Crippen LogP contribution in [0, 0.1) is 0 Å². The van der Waals surface area contributed by atoms with E-state index in [0.29, 0.717) is 11.7 Å². The van der Waals surface area contributed by atoms with Gasteiger partial charge in [0.2, 0.25) is 5.89 Å². The molecule has 0 spiro atoms. The fourth-order valence-corrected chi connectivity index (χ4v) is 2.71. The SMILES string of the molecule is C1=CCNC(NC2C=CC=C(c3cnc(/C=C/c4ccccc4)o3)N2)=C1. The van der Waals surface area contributed by atoms with E-state index in [1.165, 1.54) is 0 Å². The maximum Gasteiger partial charge on any atom is 0.219 e. The van der Waals surface area contributed by atoms with Gasteiger partial charge >= 0.3 is 0 Å². The molecule has 0 fully saturated rings. The Kier molecular flexibility index (Phi) is 4.69. The topological polar surface area (TPSA) is 62.1 Å². The van der Waals surface area contributed by atoms with Crippen LogP contribution in [0.5, 0.6) is 0 Å². The van der Waals surface area contributed by atoms with Crippen molar-refractivity contribution in [1.82, 2.24) is 20.9 Å². The predicted octanol–water partition coefficient (Wildman–Crippen LogP) is 3.26. The summed E-state index contributed by atoms with van der Waals surface area (Å²) in [5.74, 6) is 2.27. The quantitative estimate of drug-likeness (QED) is 0.777. The van der Waals surface area contributed by atoms with Gasteiger partial charge in [-0.25, -0.2) is 4.98 Å². The van der Waals surface area contributed by atoms with Gasteiger partial charge in [0.05, 0.1) is 11.9 Å². The molecule has 0 bridgehead atoms. The average Bonchev–Trinajstić information content (AvgIpc) is 3.17. The third-order valence-electron chi connectivity index (χ3n) is 4.00. The molecule has 2 aromatic rings. The summed E-state index contributed by atoms with van der Waals surface area (Å²) in [5.41, 5.74) is 2.00. The van der Waals surface area contributed by atoms with Gasteiger partial charge in [0.1, 0.15) is 12.0 Å². The van der Waals surface area contributed by atoms with Crippen LogP contribution >= 0.6 is 0 Å². The molecule has 4 rings (SSSR count). The van der Waals surface area contributed by atoms with Gasteiger partial charge in [-0.1, -0.05) is 48.6 Å². The minimum absolute atomic E-state index is 0.0198. The second kappa shape index (κ2) is 7.61. The summed E-state index contributed by atoms with van der Waals surface area (Å²) in [4.78, 5) is 4.34. The summed E-state index contributed by atoms with van der Waals surface area (Å²) in [7, 11) is 0. The molecule has 2 aliphatic rings. The van der Waals surface area contributed by atoms with Crippen LogP contribution < -0.4 is 16.0 Å². The van der Waals surface area contributed by atoms with Gasteiger partial charge in [0.15, 0.2) is 5.76 Å². The first kappa shape index (κ1) is 16.0. The standard InChI is InChI=1S/C21H20N4O/c1-2-7-16(8-3-1)12-13-21-23-15-18(26-21)17-9-6-11-20(24-17)25-19-10-4-5-14-22-19/h1-13,15,20,22,24-25H,14H2/b13-12+. The number of allylic oxidation sites excluding steroid dienone is 4. The Balaban J connectivity index is 1.41. The van der Waals surface area contributed by atoms with Crippen LogP contribution in [0.3, 0.4) is 0 Å². The van der Waals surface area contributed by atoms with Gasteiger partial charge in [-0.2, -0.15) is 0 Å². The third-order valence-corrected chi connectivity index (χ3v) is 4.00. The van der Waals surface area contributed by atoms with Crippen LogP contribution in [0.25, 0.3) is 17.8 Å². The minimum Gasteiger partial charge on any atom is -0.435 e. The Labute approximate surface area is 152 Å². The van der Waals surface area contributed by atoms with Crippen LogP contribution in [0.2, 0.25) is 0 Å². The predicted molar refractivity (Wildman–Crippen MR) is 104 cm³/mol. The van der Waals surface area contributed by atoms with E-state index < -0.39 is 0 Å². The number of hydrogen-bond donors (Lipinski definition) is 3. The molecular weight excluding hydrogens is 324 g/mol. The van der Waals surface area contributed by atoms with Crippen molar-refractivity contribution in [3.05, 3.63) is 96.0 Å². The number of benzene rings is 1. The van der Waals surface area contributed by atoms with Gasteiger partial charge in [0, 0.05) is 12.6 Å². The lowest BCUT2D eigenvalue weighted by Gasteiger charge is -2.25. The van der Waals surface area contributed by atoms with Crippen molar-refractivity contribution in [3.63, 3.8) is 0 Å². The lowest BCUT2D eigenvalue weighted by atomic mass is 10.2. The summed E-state index contributed by atoms with van der Waals surface area (Å²) in [6, 6.07) is 10.1. The molecule has 5 nitrogen and oxygen atoms in total. The molecule has 1 atom stereocenters. The smallest absolute Gasteiger partial charge is 0.219 e. The normalized spacial score (nSPS) is 18.8. The van der Waals surface area contributed by atoms with Gasteiger partial charge in [-0.3, -0.25) is 0 Å². The highest BCUT2D eigenvalue weighted by molar-refractivity contribution is 5.67. The Morgan fingerprint density at radius 2 is 2.04 bits per heavy atom. The monoisotopic (exact) mass is 344 g/mol. The van der Waals surface area contributed by atoms with Crippen molar-refractivity contribution in [3.8, 4) is 0 Å². The van der Waals surface area contributed by atoms with E-state index in [1.807, 2.05) is 66.8 Å². The number of dihydropyridines is 2. The van der Waals surface area contributed by atoms with E-state index in [-0.39, 0.29) is 6.17 Å². The molecule has 1 aromatic heterocycles. The van der Waals surface area contributed by atoms with Crippen molar-refractivity contribution in [2.24, 2.45) is 0 Å². The first-order chi connectivity index (χ1) is 12.9. The largest absolute Gasteiger partial charge is 0.435 e. The number of nitrogens with zero attached hydrogens (tertiary/aromatic N) is 1. The number of oxazole rings is 1. The second-order valence-electron chi connectivity index (χ2n) is 5.93. The highest BCUT2D eigenvalue weighted by atomic mass is 16.4. The van der Waals surface area contributed by atoms with E-state index in [9.17, 15) is 0 Å². The fraction of sp³-hybridized carbons (Fsp3) is 0.0952. The number of hydrogen-bond acceptors (Lipinski definition) is 5. The Hall–Kier alpha value is -3.47.